The molecule has 2 amide bonds. The van der Waals surface area contributed by atoms with Crippen LogP contribution in [0.25, 0.3) is 0 Å². The Morgan fingerprint density at radius 3 is 2.09 bits per heavy atom. The molecule has 5 heteroatoms. The van der Waals surface area contributed by atoms with Crippen molar-refractivity contribution in [1.82, 2.24) is 15.1 Å². The molecular weight excluding hydrogens is 278 g/mol. The van der Waals surface area contributed by atoms with Gasteiger partial charge in [0.2, 0.25) is 11.8 Å². The molecule has 1 aliphatic heterocycles. The van der Waals surface area contributed by atoms with Gasteiger partial charge in [-0.05, 0) is 45.2 Å². The first-order chi connectivity index (χ1) is 10.6. The average Bonchev–Trinajstić information content (AvgIpc) is 2.54. The fraction of sp³-hybridized carbons (Fsp3) is 0.882. The van der Waals surface area contributed by atoms with Crippen LogP contribution in [0.15, 0.2) is 0 Å². The molecule has 0 aromatic rings. The lowest BCUT2D eigenvalue weighted by molar-refractivity contribution is -0.133. The van der Waals surface area contributed by atoms with Gasteiger partial charge >= 0.3 is 0 Å². The van der Waals surface area contributed by atoms with Crippen LogP contribution < -0.4 is 5.32 Å². The third-order valence-corrected chi connectivity index (χ3v) is 4.37. The van der Waals surface area contributed by atoms with E-state index in [0.29, 0.717) is 25.3 Å². The van der Waals surface area contributed by atoms with Crippen LogP contribution in [0.2, 0.25) is 0 Å². The van der Waals surface area contributed by atoms with Gasteiger partial charge in [0.25, 0.3) is 0 Å². The van der Waals surface area contributed by atoms with Gasteiger partial charge in [0.05, 0.1) is 0 Å². The molecule has 0 aliphatic carbocycles. The highest BCUT2D eigenvalue weighted by molar-refractivity contribution is 5.79. The minimum atomic E-state index is 0.178. The van der Waals surface area contributed by atoms with Gasteiger partial charge in [-0.3, -0.25) is 9.59 Å². The molecule has 5 nitrogen and oxygen atoms in total. The fourth-order valence-corrected chi connectivity index (χ4v) is 3.02. The molecule has 1 N–H and O–H groups in total. The summed E-state index contributed by atoms with van der Waals surface area (Å²) in [7, 11) is 1.90. The van der Waals surface area contributed by atoms with E-state index in [2.05, 4.69) is 19.2 Å². The quantitative estimate of drug-likeness (QED) is 0.709. The van der Waals surface area contributed by atoms with Crippen molar-refractivity contribution in [3.05, 3.63) is 0 Å². The van der Waals surface area contributed by atoms with Gasteiger partial charge in [-0.2, -0.15) is 0 Å². The molecule has 1 aliphatic rings. The molecule has 0 radical (unpaired) electrons. The Balaban J connectivity index is 2.29. The summed E-state index contributed by atoms with van der Waals surface area (Å²) in [6.07, 6.45) is 5.68. The topological polar surface area (TPSA) is 52.7 Å². The predicted octanol–water partition coefficient (Wildman–Crippen LogP) is 2.02. The van der Waals surface area contributed by atoms with Gasteiger partial charge in [-0.15, -0.1) is 0 Å². The van der Waals surface area contributed by atoms with Gasteiger partial charge in [0, 0.05) is 39.0 Å². The third kappa shape index (κ3) is 6.34. The van der Waals surface area contributed by atoms with E-state index >= 15 is 0 Å². The van der Waals surface area contributed by atoms with Crippen molar-refractivity contribution < 1.29 is 9.59 Å². The van der Waals surface area contributed by atoms with Crippen molar-refractivity contribution >= 4 is 11.8 Å². The molecule has 0 bridgehead atoms. The number of rotatable bonds is 9. The summed E-state index contributed by atoms with van der Waals surface area (Å²) >= 11 is 0. The standard InChI is InChI=1S/C17H33N3O2/c1-4-13-20(14-5-2)17(22)8-6-7-16(21)19(3)15-9-11-18-12-10-15/h15,18H,4-14H2,1-3H3. The number of amides is 2. The lowest BCUT2D eigenvalue weighted by atomic mass is 10.0. The molecule has 1 saturated heterocycles. The van der Waals surface area contributed by atoms with Crippen LogP contribution in [0.1, 0.15) is 58.8 Å². The number of piperidine rings is 1. The molecule has 1 fully saturated rings. The van der Waals surface area contributed by atoms with E-state index in [1.807, 2.05) is 16.8 Å². The number of nitrogens with zero attached hydrogens (tertiary/aromatic N) is 2. The van der Waals surface area contributed by atoms with Crippen LogP contribution >= 0.6 is 0 Å². The van der Waals surface area contributed by atoms with Crippen LogP contribution in [-0.4, -0.2) is 60.9 Å². The molecule has 22 heavy (non-hydrogen) atoms. The first-order valence-electron chi connectivity index (χ1n) is 8.84. The Morgan fingerprint density at radius 1 is 1.00 bits per heavy atom. The average molecular weight is 311 g/mol. The van der Waals surface area contributed by atoms with Gasteiger partial charge in [-0.25, -0.2) is 0 Å². The summed E-state index contributed by atoms with van der Waals surface area (Å²) in [6, 6.07) is 0.362. The second kappa shape index (κ2) is 10.6. The van der Waals surface area contributed by atoms with Crippen molar-refractivity contribution in [2.24, 2.45) is 0 Å². The van der Waals surface area contributed by atoms with Crippen LogP contribution in [-0.2, 0) is 9.59 Å². The molecule has 1 rings (SSSR count). The highest BCUT2D eigenvalue weighted by Crippen LogP contribution is 2.12. The number of carbonyl (C=O) groups excluding carboxylic acids is 2. The summed E-state index contributed by atoms with van der Waals surface area (Å²) in [5, 5.41) is 3.31. The van der Waals surface area contributed by atoms with E-state index in [1.54, 1.807) is 0 Å². The fourth-order valence-electron chi connectivity index (χ4n) is 3.02. The Hall–Kier alpha value is -1.10. The summed E-state index contributed by atoms with van der Waals surface area (Å²) in [4.78, 5) is 28.2. The van der Waals surface area contributed by atoms with E-state index in [4.69, 9.17) is 0 Å². The Morgan fingerprint density at radius 2 is 1.55 bits per heavy atom. The number of nitrogens with one attached hydrogen (secondary N) is 1. The maximum Gasteiger partial charge on any atom is 0.222 e. The van der Waals surface area contributed by atoms with Crippen LogP contribution in [0.4, 0.5) is 0 Å². The largest absolute Gasteiger partial charge is 0.343 e. The lowest BCUT2D eigenvalue weighted by Crippen LogP contribution is -2.44. The summed E-state index contributed by atoms with van der Waals surface area (Å²) in [5.74, 6) is 0.373. The number of carbonyl (C=O) groups is 2. The van der Waals surface area contributed by atoms with E-state index in [1.165, 1.54) is 0 Å². The molecule has 1 heterocycles. The van der Waals surface area contributed by atoms with Crippen molar-refractivity contribution in [1.29, 1.82) is 0 Å². The second-order valence-electron chi connectivity index (χ2n) is 6.22. The summed E-state index contributed by atoms with van der Waals surface area (Å²) in [5.41, 5.74) is 0. The minimum Gasteiger partial charge on any atom is -0.343 e. The van der Waals surface area contributed by atoms with E-state index < -0.39 is 0 Å². The molecule has 0 aromatic heterocycles. The predicted molar refractivity (Wildman–Crippen MR) is 89.7 cm³/mol. The maximum absolute atomic E-state index is 12.2. The zero-order chi connectivity index (χ0) is 16.4. The zero-order valence-corrected chi connectivity index (χ0v) is 14.6. The van der Waals surface area contributed by atoms with Crippen LogP contribution in [0, 0.1) is 0 Å². The van der Waals surface area contributed by atoms with Crippen LogP contribution in [0.5, 0.6) is 0 Å². The lowest BCUT2D eigenvalue weighted by Gasteiger charge is -2.31. The SMILES string of the molecule is CCCN(CCC)C(=O)CCCC(=O)N(C)C1CCNCC1. The monoisotopic (exact) mass is 311 g/mol. The normalized spacial score (nSPS) is 15.6. The molecule has 0 unspecified atom stereocenters. The van der Waals surface area contributed by atoms with Gasteiger partial charge in [0.1, 0.15) is 0 Å². The molecule has 0 atom stereocenters. The van der Waals surface area contributed by atoms with Crippen molar-refractivity contribution in [2.75, 3.05) is 33.2 Å². The third-order valence-electron chi connectivity index (χ3n) is 4.37. The highest BCUT2D eigenvalue weighted by Gasteiger charge is 2.21. The zero-order valence-electron chi connectivity index (χ0n) is 14.6. The number of hydrogen-bond acceptors (Lipinski definition) is 3. The van der Waals surface area contributed by atoms with E-state index in [0.717, 1.165) is 51.9 Å². The second-order valence-corrected chi connectivity index (χ2v) is 6.22. The maximum atomic E-state index is 12.2. The molecule has 128 valence electrons. The first kappa shape index (κ1) is 18.9. The van der Waals surface area contributed by atoms with Gasteiger partial charge < -0.3 is 15.1 Å². The van der Waals surface area contributed by atoms with Crippen molar-refractivity contribution in [2.45, 2.75) is 64.8 Å². The van der Waals surface area contributed by atoms with Gasteiger partial charge in [0.15, 0.2) is 0 Å². The molecular formula is C17H33N3O2. The molecule has 0 saturated carbocycles. The highest BCUT2D eigenvalue weighted by atomic mass is 16.2. The first-order valence-corrected chi connectivity index (χ1v) is 8.84. The molecule has 0 aromatic carbocycles. The van der Waals surface area contributed by atoms with Crippen LogP contribution in [0.3, 0.4) is 0 Å². The van der Waals surface area contributed by atoms with Crippen molar-refractivity contribution in [3.8, 4) is 0 Å². The Kier molecular flexibility index (Phi) is 9.13. The van der Waals surface area contributed by atoms with E-state index in [9.17, 15) is 9.59 Å². The smallest absolute Gasteiger partial charge is 0.222 e. The molecule has 0 spiro atoms. The number of hydrogen-bond donors (Lipinski definition) is 1. The Bertz CT molecular complexity index is 335. The Labute approximate surface area is 135 Å². The summed E-state index contributed by atoms with van der Waals surface area (Å²) < 4.78 is 0. The van der Waals surface area contributed by atoms with Crippen molar-refractivity contribution in [3.63, 3.8) is 0 Å². The van der Waals surface area contributed by atoms with E-state index in [-0.39, 0.29) is 11.8 Å². The minimum absolute atomic E-state index is 0.178. The van der Waals surface area contributed by atoms with Gasteiger partial charge in [-0.1, -0.05) is 13.8 Å². The summed E-state index contributed by atoms with van der Waals surface area (Å²) in [6.45, 7) is 7.82.